The van der Waals surface area contributed by atoms with Crippen LogP contribution in [0.15, 0.2) is 16.8 Å². The van der Waals surface area contributed by atoms with Gasteiger partial charge in [-0.2, -0.15) is 11.3 Å². The van der Waals surface area contributed by atoms with E-state index in [1.165, 1.54) is 0 Å². The zero-order valence-corrected chi connectivity index (χ0v) is 12.9. The van der Waals surface area contributed by atoms with Gasteiger partial charge in [-0.25, -0.2) is 4.79 Å². The minimum atomic E-state index is -0.955. The maximum Gasteiger partial charge on any atom is 0.321 e. The van der Waals surface area contributed by atoms with Crippen LogP contribution >= 0.6 is 11.3 Å². The molecule has 3 amide bonds. The second-order valence-electron chi connectivity index (χ2n) is 5.17. The third-order valence-electron chi connectivity index (χ3n) is 2.81. The van der Waals surface area contributed by atoms with Crippen LogP contribution in [0.1, 0.15) is 32.3 Å². The van der Waals surface area contributed by atoms with Crippen molar-refractivity contribution >= 4 is 29.2 Å². The third-order valence-corrected chi connectivity index (χ3v) is 3.54. The number of carbonyl (C=O) groups is 3. The maximum absolute atomic E-state index is 11.6. The van der Waals surface area contributed by atoms with Crippen LogP contribution in [0.5, 0.6) is 0 Å². The second kappa shape index (κ2) is 8.41. The van der Waals surface area contributed by atoms with Gasteiger partial charge in [-0.15, -0.1) is 0 Å². The standard InChI is InChI=1S/C14H20N2O4S/c1-9(6-13(18)19)5-12(17)16-14(20)15-10(2)7-11-3-4-21-8-11/h3-4,8-10H,5-7H2,1-2H3,(H,18,19)(H2,15,16,17,20). The third kappa shape index (κ3) is 7.45. The molecule has 0 bridgehead atoms. The van der Waals surface area contributed by atoms with Gasteiger partial charge in [0, 0.05) is 18.9 Å². The quantitative estimate of drug-likeness (QED) is 0.717. The lowest BCUT2D eigenvalue weighted by Gasteiger charge is -2.14. The van der Waals surface area contributed by atoms with Crippen molar-refractivity contribution < 1.29 is 19.5 Å². The lowest BCUT2D eigenvalue weighted by Crippen LogP contribution is -2.44. The summed E-state index contributed by atoms with van der Waals surface area (Å²) in [5.41, 5.74) is 1.13. The van der Waals surface area contributed by atoms with Gasteiger partial charge in [0.2, 0.25) is 5.91 Å². The summed E-state index contributed by atoms with van der Waals surface area (Å²) in [5.74, 6) is -1.73. The highest BCUT2D eigenvalue weighted by Crippen LogP contribution is 2.09. The van der Waals surface area contributed by atoms with Crippen LogP contribution < -0.4 is 10.6 Å². The molecule has 1 rings (SSSR count). The van der Waals surface area contributed by atoms with Crippen molar-refractivity contribution in [3.8, 4) is 0 Å². The highest BCUT2D eigenvalue weighted by molar-refractivity contribution is 7.07. The molecule has 116 valence electrons. The number of urea groups is 1. The number of thiophene rings is 1. The summed E-state index contributed by atoms with van der Waals surface area (Å²) >= 11 is 1.59. The van der Waals surface area contributed by atoms with E-state index in [0.717, 1.165) is 5.56 Å². The van der Waals surface area contributed by atoms with Gasteiger partial charge in [-0.05, 0) is 41.7 Å². The predicted molar refractivity (Wildman–Crippen MR) is 80.2 cm³/mol. The molecule has 2 atom stereocenters. The topological polar surface area (TPSA) is 95.5 Å². The Hall–Kier alpha value is -1.89. The lowest BCUT2D eigenvalue weighted by molar-refractivity contribution is -0.138. The second-order valence-corrected chi connectivity index (χ2v) is 5.95. The number of nitrogens with one attached hydrogen (secondary N) is 2. The molecule has 0 spiro atoms. The smallest absolute Gasteiger partial charge is 0.321 e. The predicted octanol–water partition coefficient (Wildman–Crippen LogP) is 2.01. The molecule has 0 saturated carbocycles. The summed E-state index contributed by atoms with van der Waals surface area (Å²) < 4.78 is 0. The van der Waals surface area contributed by atoms with Gasteiger partial charge in [0.05, 0.1) is 0 Å². The van der Waals surface area contributed by atoms with E-state index >= 15 is 0 Å². The summed E-state index contributed by atoms with van der Waals surface area (Å²) in [7, 11) is 0. The zero-order valence-electron chi connectivity index (χ0n) is 12.1. The Morgan fingerprint density at radius 3 is 2.57 bits per heavy atom. The molecule has 6 nitrogen and oxygen atoms in total. The number of hydrogen-bond acceptors (Lipinski definition) is 4. The summed E-state index contributed by atoms with van der Waals surface area (Å²) in [6, 6.07) is 1.34. The van der Waals surface area contributed by atoms with E-state index in [4.69, 9.17) is 5.11 Å². The number of aliphatic carboxylic acids is 1. The average molecular weight is 312 g/mol. The highest BCUT2D eigenvalue weighted by atomic mass is 32.1. The number of carboxylic acids is 1. The molecule has 0 fully saturated rings. The summed E-state index contributed by atoms with van der Waals surface area (Å²) in [6.45, 7) is 3.51. The number of carbonyl (C=O) groups excluding carboxylic acids is 2. The summed E-state index contributed by atoms with van der Waals surface area (Å²) in [4.78, 5) is 33.7. The SMILES string of the molecule is CC(CC(=O)O)CC(=O)NC(=O)NC(C)Cc1ccsc1. The number of imide groups is 1. The van der Waals surface area contributed by atoms with E-state index in [1.807, 2.05) is 23.8 Å². The van der Waals surface area contributed by atoms with Crippen LogP contribution in [-0.4, -0.2) is 29.1 Å². The first-order valence-corrected chi connectivity index (χ1v) is 7.64. The minimum absolute atomic E-state index is 0.0125. The molecule has 1 aromatic rings. The van der Waals surface area contributed by atoms with Crippen LogP contribution in [0.25, 0.3) is 0 Å². The average Bonchev–Trinajstić information content (AvgIpc) is 2.78. The van der Waals surface area contributed by atoms with Gasteiger partial charge in [-0.3, -0.25) is 14.9 Å². The number of hydrogen-bond donors (Lipinski definition) is 3. The van der Waals surface area contributed by atoms with Crippen LogP contribution in [0, 0.1) is 5.92 Å². The van der Waals surface area contributed by atoms with Gasteiger partial charge in [0.15, 0.2) is 0 Å². The molecule has 7 heteroatoms. The molecule has 21 heavy (non-hydrogen) atoms. The van der Waals surface area contributed by atoms with Gasteiger partial charge >= 0.3 is 12.0 Å². The summed E-state index contributed by atoms with van der Waals surface area (Å²) in [6.07, 6.45) is 0.614. The molecule has 0 saturated heterocycles. The molecule has 2 unspecified atom stereocenters. The monoisotopic (exact) mass is 312 g/mol. The Morgan fingerprint density at radius 2 is 2.00 bits per heavy atom. The van der Waals surface area contributed by atoms with Crippen molar-refractivity contribution in [3.05, 3.63) is 22.4 Å². The fraction of sp³-hybridized carbons (Fsp3) is 0.500. The molecule has 0 aliphatic carbocycles. The molecular weight excluding hydrogens is 292 g/mol. The van der Waals surface area contributed by atoms with Crippen molar-refractivity contribution in [2.75, 3.05) is 0 Å². The van der Waals surface area contributed by atoms with Crippen molar-refractivity contribution in [2.24, 2.45) is 5.92 Å². The van der Waals surface area contributed by atoms with E-state index < -0.39 is 17.9 Å². The zero-order chi connectivity index (χ0) is 15.8. The van der Waals surface area contributed by atoms with Crippen molar-refractivity contribution in [3.63, 3.8) is 0 Å². The van der Waals surface area contributed by atoms with Crippen LogP contribution in [0.4, 0.5) is 4.79 Å². The molecule has 0 aromatic carbocycles. The first kappa shape index (κ1) is 17.2. The normalized spacial score (nSPS) is 13.2. The van der Waals surface area contributed by atoms with Gasteiger partial charge < -0.3 is 10.4 Å². The van der Waals surface area contributed by atoms with E-state index in [1.54, 1.807) is 18.3 Å². The van der Waals surface area contributed by atoms with Gasteiger partial charge in [0.25, 0.3) is 0 Å². The maximum atomic E-state index is 11.6. The number of amides is 3. The van der Waals surface area contributed by atoms with Crippen LogP contribution in [0.2, 0.25) is 0 Å². The van der Waals surface area contributed by atoms with Crippen molar-refractivity contribution in [1.82, 2.24) is 10.6 Å². The molecule has 1 aromatic heterocycles. The molecule has 0 aliphatic rings. The highest BCUT2D eigenvalue weighted by Gasteiger charge is 2.15. The van der Waals surface area contributed by atoms with Crippen LogP contribution in [0.3, 0.4) is 0 Å². The molecule has 3 N–H and O–H groups in total. The Balaban J connectivity index is 2.29. The molecular formula is C14H20N2O4S. The first-order valence-electron chi connectivity index (χ1n) is 6.70. The van der Waals surface area contributed by atoms with Gasteiger partial charge in [-0.1, -0.05) is 6.92 Å². The van der Waals surface area contributed by atoms with Crippen molar-refractivity contribution in [2.45, 2.75) is 39.2 Å². The van der Waals surface area contributed by atoms with Crippen LogP contribution in [-0.2, 0) is 16.0 Å². The Bertz CT molecular complexity index is 487. The summed E-state index contributed by atoms with van der Waals surface area (Å²) in [5, 5.41) is 17.5. The van der Waals surface area contributed by atoms with E-state index in [0.29, 0.717) is 6.42 Å². The Kier molecular flexibility index (Phi) is 6.87. The van der Waals surface area contributed by atoms with E-state index in [2.05, 4.69) is 10.6 Å². The first-order chi connectivity index (χ1) is 9.86. The van der Waals surface area contributed by atoms with Crippen molar-refractivity contribution in [1.29, 1.82) is 0 Å². The molecule has 1 heterocycles. The number of carboxylic acid groups (broad SMARTS) is 1. The Morgan fingerprint density at radius 1 is 1.29 bits per heavy atom. The molecule has 0 radical (unpaired) electrons. The lowest BCUT2D eigenvalue weighted by atomic mass is 10.0. The largest absolute Gasteiger partial charge is 0.481 e. The van der Waals surface area contributed by atoms with Gasteiger partial charge in [0.1, 0.15) is 0 Å². The number of rotatable bonds is 7. The Labute approximate surface area is 127 Å². The fourth-order valence-electron chi connectivity index (χ4n) is 1.94. The van der Waals surface area contributed by atoms with E-state index in [9.17, 15) is 14.4 Å². The fourth-order valence-corrected chi connectivity index (χ4v) is 2.62. The molecule has 0 aliphatic heterocycles. The minimum Gasteiger partial charge on any atom is -0.481 e. The van der Waals surface area contributed by atoms with E-state index in [-0.39, 0.29) is 24.8 Å².